The van der Waals surface area contributed by atoms with Crippen LogP contribution in [0.15, 0.2) is 66.9 Å². The van der Waals surface area contributed by atoms with E-state index >= 15 is 0 Å². The third kappa shape index (κ3) is 4.67. The van der Waals surface area contributed by atoms with E-state index in [1.165, 1.54) is 0 Å². The molecule has 2 amide bonds. The fraction of sp³-hybridized carbons (Fsp3) is 0.292. The summed E-state index contributed by atoms with van der Waals surface area (Å²) in [5.41, 5.74) is 0.341. The lowest BCUT2D eigenvalue weighted by Gasteiger charge is -2.23. The molecule has 1 aliphatic rings. The number of hydrogen-bond donors (Lipinski definition) is 1. The molecule has 1 aromatic heterocycles. The van der Waals surface area contributed by atoms with E-state index in [2.05, 4.69) is 10.3 Å². The van der Waals surface area contributed by atoms with Crippen LogP contribution < -0.4 is 10.1 Å². The second-order valence-electron chi connectivity index (χ2n) is 7.43. The maximum atomic E-state index is 13.5. The normalized spacial score (nSPS) is 18.2. The number of carbonyl (C=O) groups is 2. The predicted octanol–water partition coefficient (Wildman–Crippen LogP) is 2.66. The molecule has 0 bridgehead atoms. The van der Waals surface area contributed by atoms with Crippen LogP contribution in [-0.2, 0) is 9.53 Å². The van der Waals surface area contributed by atoms with Gasteiger partial charge in [-0.1, -0.05) is 42.5 Å². The Morgan fingerprint density at radius 3 is 2.68 bits per heavy atom. The standard InChI is InChI=1S/C24H25N3O4/c1-30-14-13-26-23(28)21-15-19(31-18-8-3-2-4-9-18)16-27(21)24(29)22-20-10-6-5-7-17(20)11-12-25-22/h2-12,19,21H,13-16H2,1H3,(H,26,28)/t19-,21-/m0/s1. The number of para-hydroxylation sites is 1. The molecule has 7 nitrogen and oxygen atoms in total. The average molecular weight is 419 g/mol. The minimum absolute atomic E-state index is 0.218. The average Bonchev–Trinajstić information content (AvgIpc) is 3.23. The smallest absolute Gasteiger partial charge is 0.273 e. The number of aromatic nitrogens is 1. The van der Waals surface area contributed by atoms with Gasteiger partial charge in [0.15, 0.2) is 0 Å². The summed E-state index contributed by atoms with van der Waals surface area (Å²) < 4.78 is 11.1. The van der Waals surface area contributed by atoms with E-state index in [4.69, 9.17) is 9.47 Å². The number of benzene rings is 2. The van der Waals surface area contributed by atoms with Crippen LogP contribution in [-0.4, -0.2) is 60.7 Å². The number of nitrogens with one attached hydrogen (secondary N) is 1. The van der Waals surface area contributed by atoms with Gasteiger partial charge in [0.1, 0.15) is 23.6 Å². The van der Waals surface area contributed by atoms with Crippen molar-refractivity contribution >= 4 is 22.6 Å². The van der Waals surface area contributed by atoms with Gasteiger partial charge in [0, 0.05) is 31.7 Å². The van der Waals surface area contributed by atoms with Gasteiger partial charge < -0.3 is 19.7 Å². The molecule has 160 valence electrons. The van der Waals surface area contributed by atoms with Gasteiger partial charge >= 0.3 is 0 Å². The zero-order chi connectivity index (χ0) is 21.6. The number of fused-ring (bicyclic) bond motifs is 1. The zero-order valence-corrected chi connectivity index (χ0v) is 17.4. The van der Waals surface area contributed by atoms with Crippen molar-refractivity contribution in [1.29, 1.82) is 0 Å². The number of amides is 2. The molecule has 0 radical (unpaired) electrons. The summed E-state index contributed by atoms with van der Waals surface area (Å²) in [6.07, 6.45) is 1.74. The van der Waals surface area contributed by atoms with E-state index in [0.717, 1.165) is 10.8 Å². The van der Waals surface area contributed by atoms with Crippen LogP contribution in [0.1, 0.15) is 16.9 Å². The van der Waals surface area contributed by atoms with Gasteiger partial charge in [-0.15, -0.1) is 0 Å². The highest BCUT2D eigenvalue weighted by Gasteiger charge is 2.41. The number of pyridine rings is 1. The Morgan fingerprint density at radius 2 is 1.87 bits per heavy atom. The maximum Gasteiger partial charge on any atom is 0.273 e. The Bertz CT molecular complexity index is 1050. The quantitative estimate of drug-likeness (QED) is 0.596. The topological polar surface area (TPSA) is 80.8 Å². The fourth-order valence-electron chi connectivity index (χ4n) is 3.87. The van der Waals surface area contributed by atoms with Crippen LogP contribution in [0.2, 0.25) is 0 Å². The molecule has 1 saturated heterocycles. The highest BCUT2D eigenvalue weighted by molar-refractivity contribution is 6.06. The molecular weight excluding hydrogens is 394 g/mol. The minimum Gasteiger partial charge on any atom is -0.488 e. The van der Waals surface area contributed by atoms with Gasteiger partial charge in [-0.2, -0.15) is 0 Å². The van der Waals surface area contributed by atoms with Crippen molar-refractivity contribution < 1.29 is 19.1 Å². The number of nitrogens with zero attached hydrogens (tertiary/aromatic N) is 2. The van der Waals surface area contributed by atoms with E-state index in [1.54, 1.807) is 18.2 Å². The molecule has 4 rings (SSSR count). The van der Waals surface area contributed by atoms with Gasteiger partial charge in [0.05, 0.1) is 13.2 Å². The Balaban J connectivity index is 1.59. The molecule has 0 saturated carbocycles. The molecule has 3 aromatic rings. The summed E-state index contributed by atoms with van der Waals surface area (Å²) in [6.45, 7) is 1.09. The van der Waals surface area contributed by atoms with Crippen molar-refractivity contribution in [1.82, 2.24) is 15.2 Å². The number of carbonyl (C=O) groups excluding carboxylic acids is 2. The van der Waals surface area contributed by atoms with Gasteiger partial charge in [-0.3, -0.25) is 14.6 Å². The van der Waals surface area contributed by atoms with Crippen molar-refractivity contribution in [3.05, 3.63) is 72.6 Å². The molecular formula is C24H25N3O4. The van der Waals surface area contributed by atoms with E-state index in [-0.39, 0.29) is 17.9 Å². The van der Waals surface area contributed by atoms with Crippen LogP contribution in [0.5, 0.6) is 5.75 Å². The van der Waals surface area contributed by atoms with E-state index in [1.807, 2.05) is 60.7 Å². The second-order valence-corrected chi connectivity index (χ2v) is 7.43. The maximum absolute atomic E-state index is 13.5. The Kier molecular flexibility index (Phi) is 6.43. The van der Waals surface area contributed by atoms with Gasteiger partial charge in [0.25, 0.3) is 5.91 Å². The van der Waals surface area contributed by atoms with Crippen LogP contribution in [0, 0.1) is 0 Å². The highest BCUT2D eigenvalue weighted by Crippen LogP contribution is 2.26. The highest BCUT2D eigenvalue weighted by atomic mass is 16.5. The van der Waals surface area contributed by atoms with Crippen molar-refractivity contribution in [2.75, 3.05) is 26.8 Å². The number of ether oxygens (including phenoxy) is 2. The predicted molar refractivity (Wildman–Crippen MR) is 117 cm³/mol. The van der Waals surface area contributed by atoms with Crippen LogP contribution in [0.4, 0.5) is 0 Å². The van der Waals surface area contributed by atoms with E-state index < -0.39 is 6.04 Å². The lowest BCUT2D eigenvalue weighted by Crippen LogP contribution is -2.46. The lowest BCUT2D eigenvalue weighted by molar-refractivity contribution is -0.125. The molecule has 31 heavy (non-hydrogen) atoms. The molecule has 1 fully saturated rings. The molecule has 1 aliphatic heterocycles. The first-order valence-electron chi connectivity index (χ1n) is 10.3. The third-order valence-corrected chi connectivity index (χ3v) is 5.35. The van der Waals surface area contributed by atoms with Gasteiger partial charge in [0.2, 0.25) is 5.91 Å². The molecule has 7 heteroatoms. The molecule has 0 aliphatic carbocycles. The van der Waals surface area contributed by atoms with E-state index in [9.17, 15) is 9.59 Å². The van der Waals surface area contributed by atoms with Crippen LogP contribution >= 0.6 is 0 Å². The molecule has 0 unspecified atom stereocenters. The second kappa shape index (κ2) is 9.57. The first-order chi connectivity index (χ1) is 15.2. The van der Waals surface area contributed by atoms with Gasteiger partial charge in [-0.05, 0) is 23.6 Å². The van der Waals surface area contributed by atoms with Crippen LogP contribution in [0.3, 0.4) is 0 Å². The minimum atomic E-state index is -0.640. The Morgan fingerprint density at radius 1 is 1.10 bits per heavy atom. The first kappa shape index (κ1) is 20.8. The number of rotatable bonds is 7. The van der Waals surface area contributed by atoms with Crippen molar-refractivity contribution in [3.63, 3.8) is 0 Å². The molecule has 2 aromatic carbocycles. The van der Waals surface area contributed by atoms with Crippen molar-refractivity contribution in [2.45, 2.75) is 18.6 Å². The summed E-state index contributed by atoms with van der Waals surface area (Å²) in [6, 6.07) is 18.3. The molecule has 1 N–H and O–H groups in total. The zero-order valence-electron chi connectivity index (χ0n) is 17.4. The number of methoxy groups -OCH3 is 1. The number of likely N-dealkylation sites (tertiary alicyclic amines) is 1. The monoisotopic (exact) mass is 419 g/mol. The SMILES string of the molecule is COCCNC(=O)[C@@H]1C[C@H](Oc2ccccc2)CN1C(=O)c1nccc2ccccc12. The first-order valence-corrected chi connectivity index (χ1v) is 10.3. The third-order valence-electron chi connectivity index (χ3n) is 5.35. The van der Waals surface area contributed by atoms with Crippen molar-refractivity contribution in [2.24, 2.45) is 0 Å². The fourth-order valence-corrected chi connectivity index (χ4v) is 3.87. The Hall–Kier alpha value is -3.45. The molecule has 2 atom stereocenters. The van der Waals surface area contributed by atoms with Crippen molar-refractivity contribution in [3.8, 4) is 5.75 Å². The lowest BCUT2D eigenvalue weighted by atomic mass is 10.1. The summed E-state index contributed by atoms with van der Waals surface area (Å²) >= 11 is 0. The summed E-state index contributed by atoms with van der Waals surface area (Å²) in [5.74, 6) is 0.219. The van der Waals surface area contributed by atoms with Crippen LogP contribution in [0.25, 0.3) is 10.8 Å². The summed E-state index contributed by atoms with van der Waals surface area (Å²) in [5, 5.41) is 4.54. The Labute approximate surface area is 181 Å². The summed E-state index contributed by atoms with van der Waals surface area (Å²) in [7, 11) is 1.58. The van der Waals surface area contributed by atoms with Gasteiger partial charge in [-0.25, -0.2) is 0 Å². The molecule has 0 spiro atoms. The summed E-state index contributed by atoms with van der Waals surface area (Å²) in [4.78, 5) is 32.3. The molecule has 2 heterocycles. The largest absolute Gasteiger partial charge is 0.488 e. The van der Waals surface area contributed by atoms with E-state index in [0.29, 0.717) is 37.6 Å². The number of hydrogen-bond acceptors (Lipinski definition) is 5.